The molecule has 0 aromatic heterocycles. The van der Waals surface area contributed by atoms with Crippen LogP contribution in [-0.4, -0.2) is 5.11 Å². The maximum atomic E-state index is 9.42. The van der Waals surface area contributed by atoms with E-state index in [2.05, 4.69) is 25.7 Å². The van der Waals surface area contributed by atoms with Gasteiger partial charge < -0.3 is 5.11 Å². The SMILES string of the molecule is Cc1cc(O)cc(C#CC(C)C)c1C. The third-order valence-corrected chi connectivity index (χ3v) is 2.15. The topological polar surface area (TPSA) is 20.2 Å². The third kappa shape index (κ3) is 2.53. The second kappa shape index (κ2) is 4.19. The van der Waals surface area contributed by atoms with Crippen molar-refractivity contribution in [3.05, 3.63) is 28.8 Å². The summed E-state index contributed by atoms with van der Waals surface area (Å²) >= 11 is 0. The minimum Gasteiger partial charge on any atom is -0.508 e. The van der Waals surface area contributed by atoms with Gasteiger partial charge in [-0.25, -0.2) is 0 Å². The zero-order valence-corrected chi connectivity index (χ0v) is 9.18. The normalized spacial score (nSPS) is 9.79. The predicted molar refractivity (Wildman–Crippen MR) is 59.3 cm³/mol. The molecular formula is C13H16O. The number of hydrogen-bond donors (Lipinski definition) is 1. The maximum absolute atomic E-state index is 9.42. The second-order valence-electron chi connectivity index (χ2n) is 3.86. The molecule has 1 nitrogen and oxygen atoms in total. The van der Waals surface area contributed by atoms with Crippen LogP contribution in [0.15, 0.2) is 12.1 Å². The molecule has 0 unspecified atom stereocenters. The molecule has 0 spiro atoms. The fourth-order valence-corrected chi connectivity index (χ4v) is 1.19. The van der Waals surface area contributed by atoms with E-state index in [9.17, 15) is 5.11 Å². The second-order valence-corrected chi connectivity index (χ2v) is 3.86. The van der Waals surface area contributed by atoms with E-state index in [1.807, 2.05) is 13.8 Å². The Balaban J connectivity index is 3.17. The van der Waals surface area contributed by atoms with Crippen molar-refractivity contribution in [3.8, 4) is 17.6 Å². The molecule has 0 bridgehead atoms. The van der Waals surface area contributed by atoms with Crippen LogP contribution in [0.1, 0.15) is 30.5 Å². The van der Waals surface area contributed by atoms with Crippen molar-refractivity contribution in [1.82, 2.24) is 0 Å². The van der Waals surface area contributed by atoms with Crippen LogP contribution < -0.4 is 0 Å². The molecule has 1 aromatic carbocycles. The van der Waals surface area contributed by atoms with Gasteiger partial charge in [0.05, 0.1) is 0 Å². The molecule has 14 heavy (non-hydrogen) atoms. The summed E-state index contributed by atoms with van der Waals surface area (Å²) in [5.74, 6) is 6.83. The van der Waals surface area contributed by atoms with Gasteiger partial charge in [0.25, 0.3) is 0 Å². The van der Waals surface area contributed by atoms with Gasteiger partial charge in [-0.05, 0) is 37.1 Å². The van der Waals surface area contributed by atoms with Gasteiger partial charge in [-0.3, -0.25) is 0 Å². The van der Waals surface area contributed by atoms with Crippen molar-refractivity contribution in [2.24, 2.45) is 5.92 Å². The Labute approximate surface area is 85.8 Å². The van der Waals surface area contributed by atoms with E-state index in [0.29, 0.717) is 11.7 Å². The third-order valence-electron chi connectivity index (χ3n) is 2.15. The molecule has 1 N–H and O–H groups in total. The Kier molecular flexibility index (Phi) is 3.19. The molecule has 0 atom stereocenters. The van der Waals surface area contributed by atoms with Gasteiger partial charge in [-0.15, -0.1) is 0 Å². The van der Waals surface area contributed by atoms with Crippen molar-refractivity contribution in [2.75, 3.05) is 0 Å². The predicted octanol–water partition coefficient (Wildman–Crippen LogP) is 3.02. The number of hydrogen-bond acceptors (Lipinski definition) is 1. The molecule has 0 saturated carbocycles. The molecule has 0 aliphatic rings. The molecule has 1 heteroatoms. The monoisotopic (exact) mass is 188 g/mol. The van der Waals surface area contributed by atoms with Gasteiger partial charge in [0.2, 0.25) is 0 Å². The van der Waals surface area contributed by atoms with E-state index in [4.69, 9.17) is 0 Å². The van der Waals surface area contributed by atoms with Crippen LogP contribution in [0.25, 0.3) is 0 Å². The first-order valence-electron chi connectivity index (χ1n) is 4.82. The molecular weight excluding hydrogens is 172 g/mol. The maximum Gasteiger partial charge on any atom is 0.117 e. The summed E-state index contributed by atoms with van der Waals surface area (Å²) in [5.41, 5.74) is 3.16. The average Bonchev–Trinajstić information content (AvgIpc) is 2.08. The van der Waals surface area contributed by atoms with Crippen molar-refractivity contribution in [1.29, 1.82) is 0 Å². The van der Waals surface area contributed by atoms with Crippen LogP contribution in [-0.2, 0) is 0 Å². The molecule has 0 aliphatic heterocycles. The highest BCUT2D eigenvalue weighted by molar-refractivity contribution is 5.48. The fourth-order valence-electron chi connectivity index (χ4n) is 1.19. The van der Waals surface area contributed by atoms with Crippen LogP contribution in [0.2, 0.25) is 0 Å². The summed E-state index contributed by atoms with van der Waals surface area (Å²) in [6.45, 7) is 8.12. The molecule has 0 amide bonds. The summed E-state index contributed by atoms with van der Waals surface area (Å²) in [7, 11) is 0. The highest BCUT2D eigenvalue weighted by Crippen LogP contribution is 2.19. The van der Waals surface area contributed by atoms with Crippen molar-refractivity contribution < 1.29 is 5.11 Å². The van der Waals surface area contributed by atoms with Gasteiger partial charge in [-0.2, -0.15) is 0 Å². The van der Waals surface area contributed by atoms with E-state index >= 15 is 0 Å². The summed E-state index contributed by atoms with van der Waals surface area (Å²) in [4.78, 5) is 0. The number of phenols is 1. The van der Waals surface area contributed by atoms with Crippen LogP contribution >= 0.6 is 0 Å². The number of aromatic hydroxyl groups is 1. The van der Waals surface area contributed by atoms with Crippen LogP contribution in [0.4, 0.5) is 0 Å². The molecule has 1 rings (SSSR count). The number of phenolic OH excluding ortho intramolecular Hbond substituents is 1. The Morgan fingerprint density at radius 2 is 1.86 bits per heavy atom. The summed E-state index contributed by atoms with van der Waals surface area (Å²) in [6.07, 6.45) is 0. The van der Waals surface area contributed by atoms with Crippen molar-refractivity contribution in [2.45, 2.75) is 27.7 Å². The Bertz CT molecular complexity index is 392. The van der Waals surface area contributed by atoms with Crippen LogP contribution in [0, 0.1) is 31.6 Å². The van der Waals surface area contributed by atoms with E-state index in [1.165, 1.54) is 0 Å². The summed E-state index contributed by atoms with van der Waals surface area (Å²) in [5, 5.41) is 9.42. The first-order chi connectivity index (χ1) is 6.50. The first kappa shape index (κ1) is 10.7. The van der Waals surface area contributed by atoms with Crippen molar-refractivity contribution in [3.63, 3.8) is 0 Å². The van der Waals surface area contributed by atoms with Crippen LogP contribution in [0.3, 0.4) is 0 Å². The molecule has 0 saturated heterocycles. The van der Waals surface area contributed by atoms with Gasteiger partial charge in [0, 0.05) is 11.5 Å². The molecule has 0 aliphatic carbocycles. The quantitative estimate of drug-likeness (QED) is 0.620. The first-order valence-corrected chi connectivity index (χ1v) is 4.82. The largest absolute Gasteiger partial charge is 0.508 e. The minimum absolute atomic E-state index is 0.293. The van der Waals surface area contributed by atoms with Crippen molar-refractivity contribution >= 4 is 0 Å². The average molecular weight is 188 g/mol. The van der Waals surface area contributed by atoms with E-state index in [-0.39, 0.29) is 0 Å². The lowest BCUT2D eigenvalue weighted by atomic mass is 10.0. The highest BCUT2D eigenvalue weighted by atomic mass is 16.3. The summed E-state index contributed by atoms with van der Waals surface area (Å²) < 4.78 is 0. The highest BCUT2D eigenvalue weighted by Gasteiger charge is 2.01. The Hall–Kier alpha value is -1.42. The fraction of sp³-hybridized carbons (Fsp3) is 0.385. The molecule has 0 fully saturated rings. The molecule has 0 radical (unpaired) electrons. The van der Waals surface area contributed by atoms with Gasteiger partial charge in [0.15, 0.2) is 0 Å². The Morgan fingerprint density at radius 1 is 1.21 bits per heavy atom. The van der Waals surface area contributed by atoms with Gasteiger partial charge in [0.1, 0.15) is 5.75 Å². The lowest BCUT2D eigenvalue weighted by molar-refractivity contribution is 0.474. The minimum atomic E-state index is 0.293. The number of aryl methyl sites for hydroxylation is 1. The van der Waals surface area contributed by atoms with Gasteiger partial charge in [-0.1, -0.05) is 25.7 Å². The molecule has 0 heterocycles. The Morgan fingerprint density at radius 3 is 2.43 bits per heavy atom. The zero-order valence-electron chi connectivity index (χ0n) is 9.18. The van der Waals surface area contributed by atoms with E-state index in [0.717, 1.165) is 16.7 Å². The summed E-state index contributed by atoms with van der Waals surface area (Å²) in [6, 6.07) is 3.48. The van der Waals surface area contributed by atoms with Crippen LogP contribution in [0.5, 0.6) is 5.75 Å². The number of rotatable bonds is 0. The van der Waals surface area contributed by atoms with Gasteiger partial charge >= 0.3 is 0 Å². The van der Waals surface area contributed by atoms with E-state index < -0.39 is 0 Å². The number of benzene rings is 1. The lowest BCUT2D eigenvalue weighted by Crippen LogP contribution is -1.88. The lowest BCUT2D eigenvalue weighted by Gasteiger charge is -2.04. The van der Waals surface area contributed by atoms with E-state index in [1.54, 1.807) is 12.1 Å². The molecule has 74 valence electrons. The smallest absolute Gasteiger partial charge is 0.117 e. The zero-order chi connectivity index (χ0) is 10.7. The molecule has 1 aromatic rings. The standard InChI is InChI=1S/C13H16O/c1-9(2)5-6-12-8-13(14)7-10(3)11(12)4/h7-9,14H,1-4H3.